The van der Waals surface area contributed by atoms with Crippen molar-refractivity contribution in [1.82, 2.24) is 26.1 Å². The second-order valence-corrected chi connectivity index (χ2v) is 11.0. The van der Waals surface area contributed by atoms with Gasteiger partial charge in [0.25, 0.3) is 5.91 Å². The molecule has 0 radical (unpaired) electrons. The Morgan fingerprint density at radius 1 is 1.17 bits per heavy atom. The number of carbonyl (C=O) groups excluding carboxylic acids is 2. The number of aliphatic hydroxyl groups is 2. The van der Waals surface area contributed by atoms with E-state index in [1.54, 1.807) is 24.3 Å². The maximum absolute atomic E-state index is 12.8. The molecule has 0 spiro atoms. The summed E-state index contributed by atoms with van der Waals surface area (Å²) in [5.74, 6) is -2.57. The van der Waals surface area contributed by atoms with Gasteiger partial charge in [0.15, 0.2) is 0 Å². The van der Waals surface area contributed by atoms with Gasteiger partial charge in [0.05, 0.1) is 12.5 Å². The molecule has 2 heterocycles. The number of hydrogen-bond donors (Lipinski definition) is 5. The first-order chi connectivity index (χ1) is 20.3. The van der Waals surface area contributed by atoms with Gasteiger partial charge >= 0.3 is 6.09 Å². The van der Waals surface area contributed by atoms with Crippen molar-refractivity contribution < 1.29 is 29.1 Å². The number of ether oxygens (including phenoxy) is 1. The van der Waals surface area contributed by atoms with E-state index in [4.69, 9.17) is 9.26 Å². The molecule has 42 heavy (non-hydrogen) atoms. The fraction of sp³-hybridized carbons (Fsp3) is 0.419. The van der Waals surface area contributed by atoms with Crippen LogP contribution in [0.25, 0.3) is 0 Å². The van der Waals surface area contributed by atoms with Crippen molar-refractivity contribution in [3.8, 4) is 0 Å². The molecule has 1 aromatic heterocycles. The van der Waals surface area contributed by atoms with Crippen molar-refractivity contribution in [2.75, 3.05) is 19.7 Å². The molecule has 11 heteroatoms. The highest BCUT2D eigenvalue weighted by atomic mass is 16.6. The summed E-state index contributed by atoms with van der Waals surface area (Å²) in [5, 5.41) is 34.9. The van der Waals surface area contributed by atoms with E-state index in [9.17, 15) is 19.8 Å². The average Bonchev–Trinajstić information content (AvgIpc) is 3.76. The van der Waals surface area contributed by atoms with E-state index in [-0.39, 0.29) is 43.1 Å². The predicted octanol–water partition coefficient (Wildman–Crippen LogP) is 2.37. The summed E-state index contributed by atoms with van der Waals surface area (Å²) >= 11 is 0. The maximum atomic E-state index is 12.8. The van der Waals surface area contributed by atoms with E-state index in [1.165, 1.54) is 17.2 Å². The van der Waals surface area contributed by atoms with Gasteiger partial charge in [-0.3, -0.25) is 4.79 Å². The average molecular weight is 576 g/mol. The van der Waals surface area contributed by atoms with Crippen LogP contribution < -0.4 is 16.0 Å². The molecule has 3 aromatic rings. The van der Waals surface area contributed by atoms with Gasteiger partial charge < -0.3 is 35.4 Å². The summed E-state index contributed by atoms with van der Waals surface area (Å²) in [6.45, 7) is 5.23. The Hall–Kier alpha value is -4.06. The minimum absolute atomic E-state index is 0.0173. The summed E-state index contributed by atoms with van der Waals surface area (Å²) in [7, 11) is 0. The normalized spacial score (nSPS) is 17.4. The second kappa shape index (κ2) is 13.3. The Balaban J connectivity index is 1.19. The molecule has 5 N–H and O–H groups in total. The van der Waals surface area contributed by atoms with Crippen molar-refractivity contribution in [3.63, 3.8) is 0 Å². The van der Waals surface area contributed by atoms with Crippen molar-refractivity contribution in [2.45, 2.75) is 56.4 Å². The molecule has 1 aliphatic carbocycles. The lowest BCUT2D eigenvalue weighted by atomic mass is 9.94. The lowest BCUT2D eigenvalue weighted by Gasteiger charge is -2.29. The summed E-state index contributed by atoms with van der Waals surface area (Å²) in [4.78, 5) is 29.3. The molecule has 222 valence electrons. The lowest BCUT2D eigenvalue weighted by Crippen LogP contribution is -2.51. The molecule has 1 aliphatic heterocycles. The van der Waals surface area contributed by atoms with Crippen LogP contribution in [0.1, 0.15) is 58.0 Å². The zero-order valence-corrected chi connectivity index (χ0v) is 23.4. The maximum Gasteiger partial charge on any atom is 0.407 e. The Bertz CT molecular complexity index is 1360. The molecule has 2 aliphatic rings. The van der Waals surface area contributed by atoms with Crippen molar-refractivity contribution in [3.05, 3.63) is 95.2 Å². The first-order valence-corrected chi connectivity index (χ1v) is 14.3. The van der Waals surface area contributed by atoms with Gasteiger partial charge in [-0.1, -0.05) is 54.2 Å². The van der Waals surface area contributed by atoms with E-state index in [0.717, 1.165) is 37.9 Å². The molecule has 1 fully saturated rings. The van der Waals surface area contributed by atoms with Crippen LogP contribution in [0.2, 0.25) is 0 Å². The molecular weight excluding hydrogens is 538 g/mol. The van der Waals surface area contributed by atoms with E-state index in [0.29, 0.717) is 17.9 Å². The van der Waals surface area contributed by atoms with Gasteiger partial charge in [0, 0.05) is 11.6 Å². The van der Waals surface area contributed by atoms with Gasteiger partial charge in [-0.2, -0.15) is 4.98 Å². The number of hydrogen-bond acceptors (Lipinski definition) is 9. The number of benzene rings is 2. The monoisotopic (exact) mass is 575 g/mol. The Labute approximate surface area is 244 Å². The number of amides is 2. The highest BCUT2D eigenvalue weighted by Crippen LogP contribution is 2.27. The fourth-order valence-electron chi connectivity index (χ4n) is 5.57. The topological polar surface area (TPSA) is 159 Å². The minimum Gasteiger partial charge on any atom is -0.445 e. The highest BCUT2D eigenvalue weighted by molar-refractivity contribution is 5.94. The zero-order valence-electron chi connectivity index (χ0n) is 23.4. The Morgan fingerprint density at radius 2 is 1.90 bits per heavy atom. The Kier molecular flexibility index (Phi) is 9.31. The number of carbonyl (C=O) groups is 2. The molecule has 0 saturated carbocycles. The molecule has 2 aromatic carbocycles. The molecular formula is C31H37N5O6. The van der Waals surface area contributed by atoms with Gasteiger partial charge in [0.1, 0.15) is 6.61 Å². The number of alkyl carbamates (subject to hydrolysis) is 1. The van der Waals surface area contributed by atoms with Crippen LogP contribution in [0.5, 0.6) is 0 Å². The predicted molar refractivity (Wildman–Crippen MR) is 153 cm³/mol. The zero-order chi connectivity index (χ0) is 29.5. The third-order valence-electron chi connectivity index (χ3n) is 7.89. The van der Waals surface area contributed by atoms with Crippen LogP contribution in [0.4, 0.5) is 4.79 Å². The second-order valence-electron chi connectivity index (χ2n) is 11.0. The van der Waals surface area contributed by atoms with Crippen molar-refractivity contribution in [2.24, 2.45) is 5.92 Å². The van der Waals surface area contributed by atoms with Gasteiger partial charge in [0.2, 0.25) is 17.5 Å². The summed E-state index contributed by atoms with van der Waals surface area (Å²) < 4.78 is 10.3. The summed E-state index contributed by atoms with van der Waals surface area (Å²) in [6, 6.07) is 14.2. The third-order valence-corrected chi connectivity index (χ3v) is 7.89. The molecule has 0 unspecified atom stereocenters. The number of nitrogens with zero attached hydrogens (tertiary/aromatic N) is 2. The highest BCUT2D eigenvalue weighted by Gasteiger charge is 2.42. The van der Waals surface area contributed by atoms with Crippen molar-refractivity contribution in [1.29, 1.82) is 0 Å². The van der Waals surface area contributed by atoms with Gasteiger partial charge in [-0.05, 0) is 79.9 Å². The molecule has 11 nitrogen and oxygen atoms in total. The van der Waals surface area contributed by atoms with Crippen LogP contribution in [0, 0.1) is 5.92 Å². The SMILES string of the molecule is C=CCOC(=O)N[C@@H](CC[C@@H]1CCNC1)C(O)(O)c1noc(Cc2ccc(C(=O)NC3Cc4ccccc4C3)cc2)n1. The van der Waals surface area contributed by atoms with E-state index in [2.05, 4.69) is 44.8 Å². The van der Waals surface area contributed by atoms with Crippen LogP contribution >= 0.6 is 0 Å². The number of nitrogens with one attached hydrogen (secondary N) is 3. The molecule has 1 saturated heterocycles. The van der Waals surface area contributed by atoms with E-state index in [1.807, 2.05) is 12.1 Å². The molecule has 2 atom stereocenters. The molecule has 5 rings (SSSR count). The number of fused-ring (bicyclic) bond motifs is 1. The molecule has 0 bridgehead atoms. The Morgan fingerprint density at radius 3 is 2.57 bits per heavy atom. The van der Waals surface area contributed by atoms with Gasteiger partial charge in [-0.15, -0.1) is 0 Å². The first kappa shape index (κ1) is 29.4. The van der Waals surface area contributed by atoms with E-state index >= 15 is 0 Å². The molecule has 2 amide bonds. The number of aromatic nitrogens is 2. The van der Waals surface area contributed by atoms with Gasteiger partial charge in [-0.25, -0.2) is 4.79 Å². The lowest BCUT2D eigenvalue weighted by molar-refractivity contribution is -0.199. The smallest absolute Gasteiger partial charge is 0.407 e. The van der Waals surface area contributed by atoms with Crippen LogP contribution in [-0.4, -0.2) is 64.1 Å². The van der Waals surface area contributed by atoms with Crippen LogP contribution in [0.15, 0.2) is 65.7 Å². The summed E-state index contributed by atoms with van der Waals surface area (Å²) in [5.41, 5.74) is 3.88. The third kappa shape index (κ3) is 7.22. The van der Waals surface area contributed by atoms with Crippen LogP contribution in [0.3, 0.4) is 0 Å². The van der Waals surface area contributed by atoms with E-state index < -0.39 is 17.9 Å². The summed E-state index contributed by atoms with van der Waals surface area (Å²) in [6.07, 6.45) is 4.37. The quantitative estimate of drug-likeness (QED) is 0.161. The first-order valence-electron chi connectivity index (χ1n) is 14.3. The standard InChI is InChI=1S/C31H37N5O6/c1-2-15-41-30(38)34-26(12-9-21-13-14-32-19-21)31(39,40)29-35-27(42-36-29)16-20-7-10-22(11-8-20)28(37)33-25-17-23-5-3-4-6-24(23)18-25/h2-8,10-11,21,25-26,32,39-40H,1,9,12-19H2,(H,33,37)(H,34,38)/t21-,26+/m1/s1. The largest absolute Gasteiger partial charge is 0.445 e. The van der Waals surface area contributed by atoms with Crippen LogP contribution in [-0.2, 0) is 29.8 Å². The minimum atomic E-state index is -2.59. The van der Waals surface area contributed by atoms with Crippen molar-refractivity contribution >= 4 is 12.0 Å². The fourth-order valence-corrected chi connectivity index (χ4v) is 5.57. The number of rotatable bonds is 12.